The van der Waals surface area contributed by atoms with Crippen molar-refractivity contribution in [3.63, 3.8) is 0 Å². The van der Waals surface area contributed by atoms with Gasteiger partial charge in [0.25, 0.3) is 0 Å². The van der Waals surface area contributed by atoms with Gasteiger partial charge in [0.15, 0.2) is 0 Å². The standard InChI is InChI=1S/C17H24N2O3/c1-12(18-11-14-5-3-7-16(14)20)13-4-2-6-15(10-13)19-8-9-22-17(19)21/h2,4,6,10,12,14,16,18,20H,3,5,7-9,11H2,1H3. The van der Waals surface area contributed by atoms with Gasteiger partial charge in [0.05, 0.1) is 12.6 Å². The number of hydrogen-bond acceptors (Lipinski definition) is 4. The van der Waals surface area contributed by atoms with E-state index in [0.717, 1.165) is 37.1 Å². The van der Waals surface area contributed by atoms with Gasteiger partial charge in [0.2, 0.25) is 0 Å². The van der Waals surface area contributed by atoms with Crippen LogP contribution in [0.4, 0.5) is 10.5 Å². The van der Waals surface area contributed by atoms with Gasteiger partial charge in [-0.25, -0.2) is 4.79 Å². The molecule has 1 aliphatic carbocycles. The molecule has 1 heterocycles. The van der Waals surface area contributed by atoms with Crippen molar-refractivity contribution >= 4 is 11.8 Å². The van der Waals surface area contributed by atoms with Crippen molar-refractivity contribution in [3.05, 3.63) is 29.8 Å². The molecule has 1 aliphatic heterocycles. The first-order chi connectivity index (χ1) is 10.6. The van der Waals surface area contributed by atoms with E-state index in [9.17, 15) is 9.90 Å². The fraction of sp³-hybridized carbons (Fsp3) is 0.588. The summed E-state index contributed by atoms with van der Waals surface area (Å²) in [5.74, 6) is 0.360. The van der Waals surface area contributed by atoms with Crippen LogP contribution in [0.5, 0.6) is 0 Å². The Hall–Kier alpha value is -1.59. The predicted molar refractivity (Wildman–Crippen MR) is 84.9 cm³/mol. The minimum Gasteiger partial charge on any atom is -0.447 e. The van der Waals surface area contributed by atoms with Crippen LogP contribution >= 0.6 is 0 Å². The predicted octanol–water partition coefficient (Wildman–Crippen LogP) is 2.45. The molecule has 1 aromatic carbocycles. The second-order valence-electron chi connectivity index (χ2n) is 6.25. The monoisotopic (exact) mass is 304 g/mol. The van der Waals surface area contributed by atoms with Crippen molar-refractivity contribution in [3.8, 4) is 0 Å². The number of aliphatic hydroxyl groups is 1. The first kappa shape index (κ1) is 15.3. The van der Waals surface area contributed by atoms with E-state index >= 15 is 0 Å². The summed E-state index contributed by atoms with van der Waals surface area (Å²) in [6.07, 6.45) is 2.71. The lowest BCUT2D eigenvalue weighted by Crippen LogP contribution is -2.30. The van der Waals surface area contributed by atoms with Crippen LogP contribution in [0.3, 0.4) is 0 Å². The van der Waals surface area contributed by atoms with Gasteiger partial charge < -0.3 is 15.2 Å². The van der Waals surface area contributed by atoms with Crippen molar-refractivity contribution in [2.24, 2.45) is 5.92 Å². The van der Waals surface area contributed by atoms with Crippen LogP contribution in [0, 0.1) is 5.92 Å². The third-order valence-electron chi connectivity index (χ3n) is 4.75. The summed E-state index contributed by atoms with van der Waals surface area (Å²) in [6, 6.07) is 8.19. The van der Waals surface area contributed by atoms with Crippen LogP contribution in [0.25, 0.3) is 0 Å². The van der Waals surface area contributed by atoms with Crippen LogP contribution in [0.1, 0.15) is 37.8 Å². The molecule has 1 aromatic rings. The maximum absolute atomic E-state index is 11.7. The molecule has 0 spiro atoms. The molecule has 0 radical (unpaired) electrons. The quantitative estimate of drug-likeness (QED) is 0.877. The number of cyclic esters (lactones) is 1. The Morgan fingerprint density at radius 2 is 2.32 bits per heavy atom. The molecule has 0 aromatic heterocycles. The first-order valence-electron chi connectivity index (χ1n) is 8.11. The van der Waals surface area contributed by atoms with Crippen molar-refractivity contribution in [2.75, 3.05) is 24.6 Å². The Kier molecular flexibility index (Phi) is 4.64. The molecular formula is C17H24N2O3. The van der Waals surface area contributed by atoms with Crippen molar-refractivity contribution < 1.29 is 14.6 Å². The van der Waals surface area contributed by atoms with Crippen LogP contribution in [-0.2, 0) is 4.74 Å². The number of nitrogens with zero attached hydrogens (tertiary/aromatic N) is 1. The molecule has 1 saturated carbocycles. The summed E-state index contributed by atoms with van der Waals surface area (Å²) in [5.41, 5.74) is 2.03. The van der Waals surface area contributed by atoms with Gasteiger partial charge in [0.1, 0.15) is 6.61 Å². The fourth-order valence-electron chi connectivity index (χ4n) is 3.29. The van der Waals surface area contributed by atoms with Crippen LogP contribution in [-0.4, -0.2) is 37.0 Å². The molecule has 1 amide bonds. The molecule has 3 atom stereocenters. The molecule has 5 heteroatoms. The largest absolute Gasteiger partial charge is 0.447 e. The third-order valence-corrected chi connectivity index (χ3v) is 4.75. The summed E-state index contributed by atoms with van der Waals surface area (Å²) < 4.78 is 4.99. The third kappa shape index (κ3) is 3.25. The number of ether oxygens (including phenoxy) is 1. The number of carbonyl (C=O) groups excluding carboxylic acids is 1. The maximum atomic E-state index is 11.7. The zero-order valence-electron chi connectivity index (χ0n) is 13.0. The van der Waals surface area contributed by atoms with E-state index in [1.54, 1.807) is 4.90 Å². The topological polar surface area (TPSA) is 61.8 Å². The molecule has 5 nitrogen and oxygen atoms in total. The van der Waals surface area contributed by atoms with E-state index in [-0.39, 0.29) is 18.2 Å². The second kappa shape index (κ2) is 6.67. The van der Waals surface area contributed by atoms with Crippen LogP contribution in [0.15, 0.2) is 24.3 Å². The summed E-state index contributed by atoms with van der Waals surface area (Å²) in [7, 11) is 0. The molecule has 0 bridgehead atoms. The summed E-state index contributed by atoms with van der Waals surface area (Å²) >= 11 is 0. The van der Waals surface area contributed by atoms with Crippen LogP contribution < -0.4 is 10.2 Å². The number of aliphatic hydroxyl groups excluding tert-OH is 1. The number of rotatable bonds is 5. The smallest absolute Gasteiger partial charge is 0.414 e. The van der Waals surface area contributed by atoms with E-state index in [0.29, 0.717) is 19.1 Å². The van der Waals surface area contributed by atoms with Crippen molar-refractivity contribution in [1.29, 1.82) is 0 Å². The van der Waals surface area contributed by atoms with E-state index in [4.69, 9.17) is 4.74 Å². The average Bonchev–Trinajstić information content (AvgIpc) is 3.13. The van der Waals surface area contributed by atoms with Gasteiger partial charge in [-0.1, -0.05) is 18.6 Å². The normalized spacial score (nSPS) is 26.3. The second-order valence-corrected chi connectivity index (χ2v) is 6.25. The van der Waals surface area contributed by atoms with Crippen LogP contribution in [0.2, 0.25) is 0 Å². The Bertz CT molecular complexity index is 534. The summed E-state index contributed by atoms with van der Waals surface area (Å²) in [5, 5.41) is 13.4. The number of amides is 1. The highest BCUT2D eigenvalue weighted by Crippen LogP contribution is 2.27. The maximum Gasteiger partial charge on any atom is 0.414 e. The lowest BCUT2D eigenvalue weighted by atomic mass is 10.0. The van der Waals surface area contributed by atoms with E-state index in [2.05, 4.69) is 18.3 Å². The Morgan fingerprint density at radius 3 is 3.00 bits per heavy atom. The molecular weight excluding hydrogens is 280 g/mol. The van der Waals surface area contributed by atoms with E-state index < -0.39 is 0 Å². The zero-order valence-corrected chi connectivity index (χ0v) is 13.0. The summed E-state index contributed by atoms with van der Waals surface area (Å²) in [4.78, 5) is 13.3. The SMILES string of the molecule is CC(NCC1CCCC1O)c1cccc(N2CCOC2=O)c1. The Labute approximate surface area is 131 Å². The molecule has 1 saturated heterocycles. The molecule has 2 fully saturated rings. The lowest BCUT2D eigenvalue weighted by Gasteiger charge is -2.21. The van der Waals surface area contributed by atoms with Gasteiger partial charge in [-0.3, -0.25) is 4.90 Å². The van der Waals surface area contributed by atoms with E-state index in [1.807, 2.05) is 18.2 Å². The Morgan fingerprint density at radius 1 is 1.45 bits per heavy atom. The van der Waals surface area contributed by atoms with Gasteiger partial charge in [0, 0.05) is 18.3 Å². The molecule has 3 rings (SSSR count). The fourth-order valence-corrected chi connectivity index (χ4v) is 3.29. The highest BCUT2D eigenvalue weighted by Gasteiger charge is 2.26. The molecule has 2 aliphatic rings. The number of anilines is 1. The Balaban J connectivity index is 1.62. The number of nitrogens with one attached hydrogen (secondary N) is 1. The van der Waals surface area contributed by atoms with Gasteiger partial charge in [-0.15, -0.1) is 0 Å². The number of carbonyl (C=O) groups is 1. The van der Waals surface area contributed by atoms with Gasteiger partial charge in [-0.2, -0.15) is 0 Å². The number of benzene rings is 1. The summed E-state index contributed by atoms with van der Waals surface area (Å²) in [6.45, 7) is 4.01. The molecule has 120 valence electrons. The molecule has 2 N–H and O–H groups in total. The van der Waals surface area contributed by atoms with E-state index in [1.165, 1.54) is 0 Å². The molecule has 22 heavy (non-hydrogen) atoms. The molecule has 3 unspecified atom stereocenters. The van der Waals surface area contributed by atoms with Gasteiger partial charge >= 0.3 is 6.09 Å². The van der Waals surface area contributed by atoms with Crippen molar-refractivity contribution in [2.45, 2.75) is 38.3 Å². The highest BCUT2D eigenvalue weighted by atomic mass is 16.6. The van der Waals surface area contributed by atoms with Gasteiger partial charge in [-0.05, 0) is 43.4 Å². The highest BCUT2D eigenvalue weighted by molar-refractivity contribution is 5.89. The lowest BCUT2D eigenvalue weighted by molar-refractivity contribution is 0.130. The van der Waals surface area contributed by atoms with Crippen molar-refractivity contribution in [1.82, 2.24) is 5.32 Å². The number of hydrogen-bond donors (Lipinski definition) is 2. The minimum atomic E-state index is -0.271. The first-order valence-corrected chi connectivity index (χ1v) is 8.11. The average molecular weight is 304 g/mol. The minimum absolute atomic E-state index is 0.162. The zero-order chi connectivity index (χ0) is 15.5.